The molecule has 7 heteroatoms. The molecule has 0 aliphatic heterocycles. The van der Waals surface area contributed by atoms with Gasteiger partial charge in [0.2, 0.25) is 5.91 Å². The second-order valence-corrected chi connectivity index (χ2v) is 5.38. The molecule has 7 nitrogen and oxygen atoms in total. The van der Waals surface area contributed by atoms with Gasteiger partial charge >= 0.3 is 0 Å². The second kappa shape index (κ2) is 5.07. The molecule has 2 atom stereocenters. The minimum Gasteiger partial charge on any atom is -0.464 e. The van der Waals surface area contributed by atoms with Crippen LogP contribution < -0.4 is 0 Å². The van der Waals surface area contributed by atoms with E-state index in [0.717, 1.165) is 11.5 Å². The zero-order valence-corrected chi connectivity index (χ0v) is 11.6. The maximum Gasteiger partial charge on any atom is 0.244 e. The molecule has 2 aromatic rings. The highest BCUT2D eigenvalue weighted by atomic mass is 16.3. The fraction of sp³-hybridized carbons (Fsp3) is 0.538. The van der Waals surface area contributed by atoms with Gasteiger partial charge in [0.25, 0.3) is 0 Å². The predicted octanol–water partition coefficient (Wildman–Crippen LogP) is 1.05. The van der Waals surface area contributed by atoms with Crippen LogP contribution >= 0.6 is 0 Å². The summed E-state index contributed by atoms with van der Waals surface area (Å²) in [7, 11) is 1.74. The van der Waals surface area contributed by atoms with Crippen molar-refractivity contribution in [2.75, 3.05) is 7.05 Å². The number of likely N-dealkylation sites (N-methyl/N-ethyl adjacent to an activating group) is 1. The fourth-order valence-electron chi connectivity index (χ4n) is 2.23. The van der Waals surface area contributed by atoms with Gasteiger partial charge in [0, 0.05) is 13.0 Å². The molecule has 106 valence electrons. The summed E-state index contributed by atoms with van der Waals surface area (Å²) in [5.74, 6) is 3.06. The number of nitrogens with zero attached hydrogens (tertiary/aromatic N) is 5. The number of furan rings is 1. The van der Waals surface area contributed by atoms with Crippen LogP contribution in [0.3, 0.4) is 0 Å². The van der Waals surface area contributed by atoms with Crippen LogP contribution in [0.1, 0.15) is 30.8 Å². The standard InChI is InChI=1S/C13H17N5O2/c1-9-5-11(9)12-4-3-10(20-12)6-17(2)13(19)7-18-8-14-15-16-18/h3-4,8-9,11H,5-7H2,1-2H3/t9-,11-/m1/s1. The van der Waals surface area contributed by atoms with Crippen LogP contribution in [0.15, 0.2) is 22.9 Å². The first-order valence-corrected chi connectivity index (χ1v) is 6.67. The van der Waals surface area contributed by atoms with Gasteiger partial charge < -0.3 is 9.32 Å². The summed E-state index contributed by atoms with van der Waals surface area (Å²) in [4.78, 5) is 13.6. The average Bonchev–Trinajstić information content (AvgIpc) is 2.87. The van der Waals surface area contributed by atoms with Crippen LogP contribution in [0.25, 0.3) is 0 Å². The molecule has 0 unspecified atom stereocenters. The van der Waals surface area contributed by atoms with Crippen molar-refractivity contribution >= 4 is 5.91 Å². The molecule has 1 fully saturated rings. The lowest BCUT2D eigenvalue weighted by molar-refractivity contribution is -0.131. The fourth-order valence-corrected chi connectivity index (χ4v) is 2.23. The van der Waals surface area contributed by atoms with Crippen molar-refractivity contribution in [2.24, 2.45) is 5.92 Å². The van der Waals surface area contributed by atoms with Crippen molar-refractivity contribution in [1.29, 1.82) is 0 Å². The zero-order valence-electron chi connectivity index (χ0n) is 11.6. The third-order valence-corrected chi connectivity index (χ3v) is 3.66. The normalized spacial score (nSPS) is 20.9. The SMILES string of the molecule is C[C@@H]1C[C@H]1c1ccc(CN(C)C(=O)Cn2cnnn2)o1. The first-order chi connectivity index (χ1) is 9.63. The number of amides is 1. The van der Waals surface area contributed by atoms with E-state index in [4.69, 9.17) is 4.42 Å². The van der Waals surface area contributed by atoms with Gasteiger partial charge in [-0.05, 0) is 34.9 Å². The minimum atomic E-state index is -0.0601. The Balaban J connectivity index is 1.56. The smallest absolute Gasteiger partial charge is 0.244 e. The van der Waals surface area contributed by atoms with E-state index < -0.39 is 0 Å². The van der Waals surface area contributed by atoms with Gasteiger partial charge in [-0.25, -0.2) is 4.68 Å². The van der Waals surface area contributed by atoms with Crippen molar-refractivity contribution in [2.45, 2.75) is 32.4 Å². The summed E-state index contributed by atoms with van der Waals surface area (Å²) < 4.78 is 7.19. The summed E-state index contributed by atoms with van der Waals surface area (Å²) in [5.41, 5.74) is 0. The number of hydrogen-bond acceptors (Lipinski definition) is 5. The topological polar surface area (TPSA) is 77.1 Å². The lowest BCUT2D eigenvalue weighted by Gasteiger charge is -2.15. The molecule has 0 radical (unpaired) electrons. The Kier molecular flexibility index (Phi) is 3.25. The van der Waals surface area contributed by atoms with Gasteiger partial charge in [-0.15, -0.1) is 5.10 Å². The molecule has 0 spiro atoms. The lowest BCUT2D eigenvalue weighted by atomic mass is 10.3. The van der Waals surface area contributed by atoms with E-state index in [0.29, 0.717) is 18.4 Å². The Morgan fingerprint density at radius 2 is 2.35 bits per heavy atom. The lowest BCUT2D eigenvalue weighted by Crippen LogP contribution is -2.29. The van der Waals surface area contributed by atoms with E-state index in [9.17, 15) is 4.79 Å². The molecule has 2 aromatic heterocycles. The molecule has 0 bridgehead atoms. The van der Waals surface area contributed by atoms with Crippen LogP contribution in [0.2, 0.25) is 0 Å². The molecule has 0 saturated heterocycles. The van der Waals surface area contributed by atoms with Crippen LogP contribution in [0.5, 0.6) is 0 Å². The van der Waals surface area contributed by atoms with E-state index in [-0.39, 0.29) is 12.5 Å². The van der Waals surface area contributed by atoms with E-state index >= 15 is 0 Å². The van der Waals surface area contributed by atoms with Gasteiger partial charge in [0.15, 0.2) is 0 Å². The van der Waals surface area contributed by atoms with Crippen LogP contribution in [0, 0.1) is 5.92 Å². The Morgan fingerprint density at radius 1 is 1.55 bits per heavy atom. The van der Waals surface area contributed by atoms with E-state index in [2.05, 4.69) is 22.4 Å². The first-order valence-electron chi connectivity index (χ1n) is 6.67. The summed E-state index contributed by atoms with van der Waals surface area (Å²) in [6.45, 7) is 2.81. The molecule has 20 heavy (non-hydrogen) atoms. The number of hydrogen-bond donors (Lipinski definition) is 0. The Hall–Kier alpha value is -2.18. The third kappa shape index (κ3) is 2.71. The van der Waals surface area contributed by atoms with Gasteiger partial charge in [-0.2, -0.15) is 0 Å². The van der Waals surface area contributed by atoms with Crippen LogP contribution in [-0.2, 0) is 17.9 Å². The second-order valence-electron chi connectivity index (χ2n) is 5.38. The molecule has 1 aliphatic carbocycles. The summed E-state index contributed by atoms with van der Waals surface area (Å²) >= 11 is 0. The molecule has 0 aromatic carbocycles. The van der Waals surface area contributed by atoms with Crippen molar-refractivity contribution < 1.29 is 9.21 Å². The monoisotopic (exact) mass is 275 g/mol. The van der Waals surface area contributed by atoms with E-state index in [1.807, 2.05) is 12.1 Å². The first kappa shape index (κ1) is 12.8. The molecule has 1 amide bonds. The van der Waals surface area contributed by atoms with Crippen molar-refractivity contribution in [3.8, 4) is 0 Å². The number of tetrazole rings is 1. The van der Waals surface area contributed by atoms with Gasteiger partial charge in [0.1, 0.15) is 24.4 Å². The Morgan fingerprint density at radius 3 is 3.00 bits per heavy atom. The molecule has 3 rings (SSSR count). The average molecular weight is 275 g/mol. The van der Waals surface area contributed by atoms with Crippen molar-refractivity contribution in [3.63, 3.8) is 0 Å². The van der Waals surface area contributed by atoms with Gasteiger partial charge in [-0.3, -0.25) is 4.79 Å². The van der Waals surface area contributed by atoms with Gasteiger partial charge in [-0.1, -0.05) is 6.92 Å². The number of rotatable bonds is 5. The van der Waals surface area contributed by atoms with Crippen LogP contribution in [-0.4, -0.2) is 38.1 Å². The number of carbonyl (C=O) groups excluding carboxylic acids is 1. The number of carbonyl (C=O) groups is 1. The summed E-state index contributed by atoms with van der Waals surface area (Å²) in [6.07, 6.45) is 2.62. The largest absolute Gasteiger partial charge is 0.464 e. The zero-order chi connectivity index (χ0) is 14.1. The quantitative estimate of drug-likeness (QED) is 0.815. The predicted molar refractivity (Wildman–Crippen MR) is 69.5 cm³/mol. The third-order valence-electron chi connectivity index (χ3n) is 3.66. The van der Waals surface area contributed by atoms with E-state index in [1.54, 1.807) is 11.9 Å². The molecule has 0 N–H and O–H groups in total. The highest BCUT2D eigenvalue weighted by molar-refractivity contribution is 5.75. The highest BCUT2D eigenvalue weighted by Gasteiger charge is 2.36. The van der Waals surface area contributed by atoms with Crippen molar-refractivity contribution in [1.82, 2.24) is 25.1 Å². The molecular weight excluding hydrogens is 258 g/mol. The summed E-state index contributed by atoms with van der Waals surface area (Å²) in [5, 5.41) is 10.7. The molecular formula is C13H17N5O2. The molecule has 2 heterocycles. The molecule has 1 aliphatic rings. The minimum absolute atomic E-state index is 0.0601. The Labute approximate surface area is 116 Å². The maximum atomic E-state index is 12.0. The molecule has 1 saturated carbocycles. The van der Waals surface area contributed by atoms with Crippen molar-refractivity contribution in [3.05, 3.63) is 30.0 Å². The highest BCUT2D eigenvalue weighted by Crippen LogP contribution is 2.47. The van der Waals surface area contributed by atoms with E-state index in [1.165, 1.54) is 17.4 Å². The Bertz CT molecular complexity index is 592. The summed E-state index contributed by atoms with van der Waals surface area (Å²) in [6, 6.07) is 3.96. The van der Waals surface area contributed by atoms with Crippen LogP contribution in [0.4, 0.5) is 0 Å². The van der Waals surface area contributed by atoms with Gasteiger partial charge in [0.05, 0.1) is 6.54 Å². The number of aromatic nitrogens is 4. The maximum absolute atomic E-state index is 12.0.